The summed E-state index contributed by atoms with van der Waals surface area (Å²) < 4.78 is 23.5. The molecule has 7 heteroatoms. The first kappa shape index (κ1) is 18.4. The molecular formula is C17H19ClN2O3S. The smallest absolute Gasteiger partial charge is 0.238 e. The minimum atomic E-state index is -3.40. The number of hydrogen-bond donors (Lipinski definition) is 1. The van der Waals surface area contributed by atoms with E-state index >= 15 is 0 Å². The summed E-state index contributed by atoms with van der Waals surface area (Å²) in [5.74, 6) is -0.275. The average Bonchev–Trinajstić information content (AvgIpc) is 2.49. The molecule has 0 spiro atoms. The van der Waals surface area contributed by atoms with E-state index in [0.717, 1.165) is 11.8 Å². The van der Waals surface area contributed by atoms with Gasteiger partial charge in [0.2, 0.25) is 5.91 Å². The van der Waals surface area contributed by atoms with Gasteiger partial charge in [-0.3, -0.25) is 9.69 Å². The van der Waals surface area contributed by atoms with Gasteiger partial charge in [-0.2, -0.15) is 0 Å². The van der Waals surface area contributed by atoms with Gasteiger partial charge in [-0.15, -0.1) is 0 Å². The second kappa shape index (κ2) is 7.79. The van der Waals surface area contributed by atoms with Crippen molar-refractivity contribution in [3.8, 4) is 0 Å². The van der Waals surface area contributed by atoms with Gasteiger partial charge in [-0.25, -0.2) is 8.42 Å². The monoisotopic (exact) mass is 366 g/mol. The van der Waals surface area contributed by atoms with E-state index in [0.29, 0.717) is 17.3 Å². The number of nitrogens with one attached hydrogen (secondary N) is 1. The van der Waals surface area contributed by atoms with Crippen molar-refractivity contribution < 1.29 is 13.2 Å². The van der Waals surface area contributed by atoms with Crippen LogP contribution in [-0.2, 0) is 21.2 Å². The molecule has 5 nitrogen and oxygen atoms in total. The van der Waals surface area contributed by atoms with Gasteiger partial charge in [0.15, 0.2) is 9.84 Å². The van der Waals surface area contributed by atoms with Gasteiger partial charge in [0.25, 0.3) is 0 Å². The van der Waals surface area contributed by atoms with Crippen molar-refractivity contribution in [1.29, 1.82) is 0 Å². The Labute approximate surface area is 147 Å². The van der Waals surface area contributed by atoms with Crippen molar-refractivity contribution in [2.24, 2.45) is 0 Å². The number of sulfone groups is 1. The lowest BCUT2D eigenvalue weighted by Gasteiger charge is -2.17. The Hall–Kier alpha value is -1.89. The van der Waals surface area contributed by atoms with E-state index in [-0.39, 0.29) is 17.3 Å². The zero-order valence-corrected chi connectivity index (χ0v) is 15.1. The maximum atomic E-state index is 12.2. The highest BCUT2D eigenvalue weighted by molar-refractivity contribution is 7.90. The number of amides is 1. The van der Waals surface area contributed by atoms with Gasteiger partial charge < -0.3 is 5.32 Å². The van der Waals surface area contributed by atoms with Gasteiger partial charge in [0.05, 0.1) is 17.1 Å². The Balaban J connectivity index is 2.00. The van der Waals surface area contributed by atoms with E-state index in [9.17, 15) is 13.2 Å². The Morgan fingerprint density at radius 1 is 1.12 bits per heavy atom. The molecule has 2 aromatic carbocycles. The van der Waals surface area contributed by atoms with Gasteiger partial charge in [0, 0.05) is 17.8 Å². The van der Waals surface area contributed by atoms with E-state index in [1.807, 2.05) is 24.1 Å². The second-order valence-electron chi connectivity index (χ2n) is 5.62. The number of carbonyl (C=O) groups is 1. The molecule has 128 valence electrons. The van der Waals surface area contributed by atoms with E-state index in [2.05, 4.69) is 5.32 Å². The van der Waals surface area contributed by atoms with Gasteiger partial charge >= 0.3 is 0 Å². The molecule has 0 unspecified atom stereocenters. The van der Waals surface area contributed by atoms with Crippen LogP contribution in [0.1, 0.15) is 5.56 Å². The SMILES string of the molecule is CN(CC(=O)Nc1ccccc1S(C)(=O)=O)Cc1ccc(Cl)cc1. The topological polar surface area (TPSA) is 66.5 Å². The second-order valence-corrected chi connectivity index (χ2v) is 8.04. The summed E-state index contributed by atoms with van der Waals surface area (Å²) >= 11 is 5.85. The first-order valence-electron chi connectivity index (χ1n) is 7.27. The molecule has 0 aliphatic heterocycles. The van der Waals surface area contributed by atoms with Crippen molar-refractivity contribution >= 4 is 33.0 Å². The fraction of sp³-hybridized carbons (Fsp3) is 0.235. The molecule has 1 amide bonds. The molecule has 0 aliphatic rings. The number of likely N-dealkylation sites (N-methyl/N-ethyl adjacent to an activating group) is 1. The summed E-state index contributed by atoms with van der Waals surface area (Å²) in [6.45, 7) is 0.721. The highest BCUT2D eigenvalue weighted by Crippen LogP contribution is 2.20. The molecule has 0 bridgehead atoms. The highest BCUT2D eigenvalue weighted by Gasteiger charge is 2.15. The molecule has 0 fully saturated rings. The van der Waals surface area contributed by atoms with E-state index < -0.39 is 9.84 Å². The summed E-state index contributed by atoms with van der Waals surface area (Å²) in [6.07, 6.45) is 1.12. The average molecular weight is 367 g/mol. The lowest BCUT2D eigenvalue weighted by molar-refractivity contribution is -0.117. The summed E-state index contributed by atoms with van der Waals surface area (Å²) in [7, 11) is -1.58. The lowest BCUT2D eigenvalue weighted by Crippen LogP contribution is -2.30. The van der Waals surface area contributed by atoms with Crippen molar-refractivity contribution in [2.75, 3.05) is 25.2 Å². The maximum Gasteiger partial charge on any atom is 0.238 e. The van der Waals surface area contributed by atoms with Gasteiger partial charge in [0.1, 0.15) is 0 Å². The molecule has 1 N–H and O–H groups in total. The molecule has 0 saturated carbocycles. The van der Waals surface area contributed by atoms with Crippen LogP contribution in [0, 0.1) is 0 Å². The Kier molecular flexibility index (Phi) is 5.99. The predicted molar refractivity (Wildman–Crippen MR) is 96.0 cm³/mol. The summed E-state index contributed by atoms with van der Waals surface area (Å²) in [6, 6.07) is 13.8. The van der Waals surface area contributed by atoms with Crippen LogP contribution in [0.5, 0.6) is 0 Å². The van der Waals surface area contributed by atoms with Gasteiger partial charge in [-0.05, 0) is 36.9 Å². The van der Waals surface area contributed by atoms with Crippen LogP contribution < -0.4 is 5.32 Å². The number of halogens is 1. The highest BCUT2D eigenvalue weighted by atomic mass is 35.5. The number of nitrogens with zero attached hydrogens (tertiary/aromatic N) is 1. The summed E-state index contributed by atoms with van der Waals surface area (Å²) in [4.78, 5) is 14.1. The molecule has 0 aromatic heterocycles. The Morgan fingerprint density at radius 3 is 2.38 bits per heavy atom. The minimum absolute atomic E-state index is 0.110. The first-order chi connectivity index (χ1) is 11.3. The zero-order chi connectivity index (χ0) is 17.7. The number of para-hydroxylation sites is 1. The van der Waals surface area contributed by atoms with E-state index in [4.69, 9.17) is 11.6 Å². The van der Waals surface area contributed by atoms with Crippen LogP contribution in [0.3, 0.4) is 0 Å². The van der Waals surface area contributed by atoms with Crippen LogP contribution in [0.25, 0.3) is 0 Å². The third kappa shape index (κ3) is 5.33. The van der Waals surface area contributed by atoms with Crippen molar-refractivity contribution in [3.63, 3.8) is 0 Å². The lowest BCUT2D eigenvalue weighted by atomic mass is 10.2. The largest absolute Gasteiger partial charge is 0.324 e. The third-order valence-electron chi connectivity index (χ3n) is 3.34. The van der Waals surface area contributed by atoms with Crippen LogP contribution in [0.4, 0.5) is 5.69 Å². The van der Waals surface area contributed by atoms with Crippen molar-refractivity contribution in [2.45, 2.75) is 11.4 Å². The standard InChI is InChI=1S/C17H19ClN2O3S/c1-20(11-13-7-9-14(18)10-8-13)12-17(21)19-15-5-3-4-6-16(15)24(2,22)23/h3-10H,11-12H2,1-2H3,(H,19,21). The quantitative estimate of drug-likeness (QED) is 0.853. The van der Waals surface area contributed by atoms with Crippen LogP contribution in [0.15, 0.2) is 53.4 Å². The summed E-state index contributed by atoms with van der Waals surface area (Å²) in [5, 5.41) is 3.33. The Bertz CT molecular complexity index is 820. The molecule has 24 heavy (non-hydrogen) atoms. The molecule has 0 radical (unpaired) electrons. The predicted octanol–water partition coefficient (Wildman–Crippen LogP) is 2.81. The Morgan fingerprint density at radius 2 is 1.75 bits per heavy atom. The fourth-order valence-electron chi connectivity index (χ4n) is 2.29. The van der Waals surface area contributed by atoms with Crippen LogP contribution in [-0.4, -0.2) is 39.1 Å². The van der Waals surface area contributed by atoms with E-state index in [1.54, 1.807) is 30.3 Å². The van der Waals surface area contributed by atoms with Crippen LogP contribution >= 0.6 is 11.6 Å². The molecule has 0 heterocycles. The molecule has 0 aliphatic carbocycles. The van der Waals surface area contributed by atoms with Crippen molar-refractivity contribution in [1.82, 2.24) is 4.90 Å². The van der Waals surface area contributed by atoms with Crippen LogP contribution in [0.2, 0.25) is 5.02 Å². The molecular weight excluding hydrogens is 348 g/mol. The number of rotatable bonds is 6. The molecule has 0 atom stereocenters. The first-order valence-corrected chi connectivity index (χ1v) is 9.54. The summed E-state index contributed by atoms with van der Waals surface area (Å²) in [5.41, 5.74) is 1.33. The number of carbonyl (C=O) groups excluding carboxylic acids is 1. The molecule has 0 saturated heterocycles. The maximum absolute atomic E-state index is 12.2. The minimum Gasteiger partial charge on any atom is -0.324 e. The number of anilines is 1. The normalized spacial score (nSPS) is 11.5. The number of benzene rings is 2. The molecule has 2 rings (SSSR count). The number of hydrogen-bond acceptors (Lipinski definition) is 4. The zero-order valence-electron chi connectivity index (χ0n) is 13.5. The van der Waals surface area contributed by atoms with E-state index in [1.165, 1.54) is 6.07 Å². The third-order valence-corrected chi connectivity index (χ3v) is 4.75. The van der Waals surface area contributed by atoms with Gasteiger partial charge in [-0.1, -0.05) is 35.9 Å². The fourth-order valence-corrected chi connectivity index (χ4v) is 3.26. The molecule has 2 aromatic rings. The van der Waals surface area contributed by atoms with Crippen molar-refractivity contribution in [3.05, 3.63) is 59.1 Å².